The van der Waals surface area contributed by atoms with Crippen LogP contribution in [0.1, 0.15) is 16.8 Å². The molecule has 1 atom stereocenters. The summed E-state index contributed by atoms with van der Waals surface area (Å²) in [6.07, 6.45) is 0. The topological polar surface area (TPSA) is 124 Å². The van der Waals surface area contributed by atoms with Gasteiger partial charge < -0.3 is 25.5 Å². The van der Waals surface area contributed by atoms with Crippen molar-refractivity contribution in [3.05, 3.63) is 69.0 Å². The standard InChI is InChI=1S/C18H15N3O5/c1-8-7-11-12(15(22)20-8)18(13(14(19)26-11)16(23)25-2)9-5-3-4-6-10(9)21-17(18)24/h3-7H,19H2,1-2H3,(H,20,22)(H,21,24)/t18-/m0/s1. The molecule has 0 fully saturated rings. The molecule has 8 nitrogen and oxygen atoms in total. The van der Waals surface area contributed by atoms with Crippen molar-refractivity contribution in [1.82, 2.24) is 4.98 Å². The van der Waals surface area contributed by atoms with Gasteiger partial charge in [0, 0.05) is 23.0 Å². The molecule has 0 aliphatic carbocycles. The third-order valence-electron chi connectivity index (χ3n) is 4.66. The number of para-hydroxylation sites is 1. The van der Waals surface area contributed by atoms with E-state index in [-0.39, 0.29) is 22.8 Å². The summed E-state index contributed by atoms with van der Waals surface area (Å²) in [5, 5.41) is 2.73. The van der Waals surface area contributed by atoms with Crippen LogP contribution >= 0.6 is 0 Å². The second-order valence-electron chi connectivity index (χ2n) is 6.10. The van der Waals surface area contributed by atoms with E-state index in [2.05, 4.69) is 10.3 Å². The van der Waals surface area contributed by atoms with Crippen LogP contribution in [-0.4, -0.2) is 24.0 Å². The quantitative estimate of drug-likeness (QED) is 0.647. The Balaban J connectivity index is 2.20. The van der Waals surface area contributed by atoms with E-state index in [4.69, 9.17) is 15.2 Å². The zero-order valence-electron chi connectivity index (χ0n) is 14.0. The number of pyridine rings is 1. The Morgan fingerprint density at radius 1 is 1.27 bits per heavy atom. The first-order valence-electron chi connectivity index (χ1n) is 7.83. The second-order valence-corrected chi connectivity index (χ2v) is 6.10. The van der Waals surface area contributed by atoms with Crippen molar-refractivity contribution in [2.45, 2.75) is 12.3 Å². The fraction of sp³-hybridized carbons (Fsp3) is 0.167. The molecule has 2 aliphatic heterocycles. The number of aryl methyl sites for hydroxylation is 1. The van der Waals surface area contributed by atoms with E-state index < -0.39 is 22.9 Å². The second kappa shape index (κ2) is 5.22. The zero-order valence-corrected chi connectivity index (χ0v) is 14.0. The van der Waals surface area contributed by atoms with Crippen molar-refractivity contribution in [2.24, 2.45) is 5.73 Å². The Bertz CT molecular complexity index is 1070. The number of nitrogens with two attached hydrogens (primary N) is 1. The van der Waals surface area contributed by atoms with Crippen LogP contribution in [0.25, 0.3) is 0 Å². The summed E-state index contributed by atoms with van der Waals surface area (Å²) < 4.78 is 10.4. The monoisotopic (exact) mass is 353 g/mol. The van der Waals surface area contributed by atoms with Crippen LogP contribution in [0.4, 0.5) is 5.69 Å². The van der Waals surface area contributed by atoms with Crippen LogP contribution in [0.15, 0.2) is 46.6 Å². The Hall–Kier alpha value is -3.55. The van der Waals surface area contributed by atoms with Gasteiger partial charge in [0.1, 0.15) is 16.7 Å². The number of benzene rings is 1. The molecular weight excluding hydrogens is 338 g/mol. The van der Waals surface area contributed by atoms with E-state index in [1.165, 1.54) is 7.11 Å². The number of aromatic nitrogens is 1. The van der Waals surface area contributed by atoms with Gasteiger partial charge in [-0.15, -0.1) is 0 Å². The Labute approximate surface area is 147 Å². The molecule has 3 heterocycles. The fourth-order valence-electron chi connectivity index (χ4n) is 3.68. The van der Waals surface area contributed by atoms with Crippen molar-refractivity contribution in [3.8, 4) is 5.75 Å². The summed E-state index contributed by atoms with van der Waals surface area (Å²) in [5.74, 6) is -1.56. The summed E-state index contributed by atoms with van der Waals surface area (Å²) >= 11 is 0. The van der Waals surface area contributed by atoms with E-state index in [1.807, 2.05) is 0 Å². The van der Waals surface area contributed by atoms with E-state index in [9.17, 15) is 14.4 Å². The SMILES string of the molecule is COC(=O)C1=C(N)Oc2cc(C)[nH]c(=O)c2[C@]12C(=O)Nc1ccccc12. The highest BCUT2D eigenvalue weighted by molar-refractivity contribution is 6.17. The highest BCUT2D eigenvalue weighted by Crippen LogP contribution is 2.52. The lowest BCUT2D eigenvalue weighted by Gasteiger charge is -2.34. The molecule has 2 aliphatic rings. The largest absolute Gasteiger partial charge is 0.465 e. The number of rotatable bonds is 1. The third kappa shape index (κ3) is 1.81. The molecule has 0 saturated heterocycles. The van der Waals surface area contributed by atoms with Crippen LogP contribution in [0.5, 0.6) is 5.75 Å². The minimum Gasteiger partial charge on any atom is -0.465 e. The normalized spacial score (nSPS) is 20.3. The van der Waals surface area contributed by atoms with E-state index in [0.29, 0.717) is 16.9 Å². The first kappa shape index (κ1) is 15.9. The zero-order chi connectivity index (χ0) is 18.6. The minimum absolute atomic E-state index is 0.000139. The molecule has 26 heavy (non-hydrogen) atoms. The van der Waals surface area contributed by atoms with Crippen LogP contribution in [-0.2, 0) is 19.7 Å². The van der Waals surface area contributed by atoms with Crippen molar-refractivity contribution in [2.75, 3.05) is 12.4 Å². The van der Waals surface area contributed by atoms with E-state index in [0.717, 1.165) is 0 Å². The van der Waals surface area contributed by atoms with Gasteiger partial charge >= 0.3 is 5.97 Å². The highest BCUT2D eigenvalue weighted by atomic mass is 16.5. The molecule has 8 heteroatoms. The van der Waals surface area contributed by atoms with Gasteiger partial charge in [0.2, 0.25) is 11.8 Å². The number of anilines is 1. The van der Waals surface area contributed by atoms with Crippen molar-refractivity contribution < 1.29 is 19.1 Å². The minimum atomic E-state index is -1.75. The number of aromatic amines is 1. The molecule has 0 saturated carbocycles. The van der Waals surface area contributed by atoms with Gasteiger partial charge in [-0.05, 0) is 13.0 Å². The molecule has 2 aromatic rings. The molecule has 1 aromatic heterocycles. The maximum Gasteiger partial charge on any atom is 0.340 e. The molecule has 1 spiro atoms. The number of esters is 1. The number of carbonyl (C=O) groups is 2. The van der Waals surface area contributed by atoms with E-state index >= 15 is 0 Å². The number of fused-ring (bicyclic) bond motifs is 4. The number of hydrogen-bond donors (Lipinski definition) is 3. The molecule has 0 radical (unpaired) electrons. The smallest absolute Gasteiger partial charge is 0.340 e. The average Bonchev–Trinajstić information content (AvgIpc) is 2.86. The summed E-state index contributed by atoms with van der Waals surface area (Å²) in [7, 11) is 1.17. The summed E-state index contributed by atoms with van der Waals surface area (Å²) in [6, 6.07) is 8.36. The molecule has 132 valence electrons. The van der Waals surface area contributed by atoms with Gasteiger partial charge in [-0.1, -0.05) is 18.2 Å². The first-order valence-corrected chi connectivity index (χ1v) is 7.83. The Kier molecular flexibility index (Phi) is 3.20. The number of amides is 1. The fourth-order valence-corrected chi connectivity index (χ4v) is 3.68. The molecular formula is C18H15N3O5. The molecule has 4 rings (SSSR count). The Morgan fingerprint density at radius 3 is 2.73 bits per heavy atom. The van der Waals surface area contributed by atoms with E-state index in [1.54, 1.807) is 37.3 Å². The van der Waals surface area contributed by atoms with Crippen molar-refractivity contribution in [1.29, 1.82) is 0 Å². The lowest BCUT2D eigenvalue weighted by Crippen LogP contribution is -2.49. The summed E-state index contributed by atoms with van der Waals surface area (Å²) in [6.45, 7) is 1.68. The Morgan fingerprint density at radius 2 is 2.00 bits per heavy atom. The van der Waals surface area contributed by atoms with Crippen LogP contribution < -0.4 is 21.3 Å². The predicted molar refractivity (Wildman–Crippen MR) is 91.5 cm³/mol. The summed E-state index contributed by atoms with van der Waals surface area (Å²) in [5.41, 5.74) is 4.96. The molecule has 1 amide bonds. The predicted octanol–water partition coefficient (Wildman–Crippen LogP) is 0.657. The van der Waals surface area contributed by atoms with Crippen molar-refractivity contribution >= 4 is 17.6 Å². The van der Waals surface area contributed by atoms with Gasteiger partial charge in [-0.25, -0.2) is 4.79 Å². The van der Waals surface area contributed by atoms with Gasteiger partial charge in [0.25, 0.3) is 5.56 Å². The van der Waals surface area contributed by atoms with Crippen molar-refractivity contribution in [3.63, 3.8) is 0 Å². The number of methoxy groups -OCH3 is 1. The first-order chi connectivity index (χ1) is 12.4. The maximum absolute atomic E-state index is 13.2. The number of carbonyl (C=O) groups excluding carboxylic acids is 2. The average molecular weight is 353 g/mol. The van der Waals surface area contributed by atoms with Gasteiger partial charge in [-0.2, -0.15) is 0 Å². The number of nitrogens with one attached hydrogen (secondary N) is 2. The lowest BCUT2D eigenvalue weighted by molar-refractivity contribution is -0.138. The molecule has 0 bridgehead atoms. The highest BCUT2D eigenvalue weighted by Gasteiger charge is 2.60. The van der Waals surface area contributed by atoms with Gasteiger partial charge in [-0.3, -0.25) is 9.59 Å². The third-order valence-corrected chi connectivity index (χ3v) is 4.66. The number of H-pyrrole nitrogens is 1. The molecule has 1 aromatic carbocycles. The van der Waals surface area contributed by atoms with Crippen LogP contribution in [0, 0.1) is 6.92 Å². The van der Waals surface area contributed by atoms with Gasteiger partial charge in [0.05, 0.1) is 12.7 Å². The number of hydrogen-bond acceptors (Lipinski definition) is 6. The number of ether oxygens (including phenoxy) is 2. The summed E-state index contributed by atoms with van der Waals surface area (Å²) in [4.78, 5) is 41.2. The van der Waals surface area contributed by atoms with Gasteiger partial charge in [0.15, 0.2) is 0 Å². The molecule has 0 unspecified atom stereocenters. The van der Waals surface area contributed by atoms with Crippen LogP contribution in [0.2, 0.25) is 0 Å². The van der Waals surface area contributed by atoms with Crippen LogP contribution in [0.3, 0.4) is 0 Å². The molecule has 4 N–H and O–H groups in total. The lowest BCUT2D eigenvalue weighted by atomic mass is 9.68. The maximum atomic E-state index is 13.2.